The Hall–Kier alpha value is -5.08. The number of nitrogens with one attached hydrogen (secondary N) is 1. The number of thiazole rings is 1. The molecule has 1 atom stereocenters. The minimum Gasteiger partial charge on any atom is -0.496 e. The fourth-order valence-corrected chi connectivity index (χ4v) is 4.81. The predicted molar refractivity (Wildman–Crippen MR) is 144 cm³/mol. The lowest BCUT2D eigenvalue weighted by atomic mass is 10.0. The Balaban J connectivity index is 1.45. The molecule has 0 radical (unpaired) electrons. The van der Waals surface area contributed by atoms with Gasteiger partial charge in [-0.05, 0) is 48.0 Å². The zero-order valence-electron chi connectivity index (χ0n) is 21.3. The highest BCUT2D eigenvalue weighted by Crippen LogP contribution is 2.37. The predicted octanol–water partition coefficient (Wildman–Crippen LogP) is 4.21. The van der Waals surface area contributed by atoms with Crippen LogP contribution in [0.2, 0.25) is 0 Å². The molecule has 5 rings (SSSR count). The number of pyridine rings is 1. The van der Waals surface area contributed by atoms with Crippen LogP contribution in [0.5, 0.6) is 5.75 Å². The molecule has 0 bridgehead atoms. The van der Waals surface area contributed by atoms with Crippen molar-refractivity contribution in [1.29, 1.82) is 0 Å². The van der Waals surface area contributed by atoms with Crippen LogP contribution in [0.1, 0.15) is 49.1 Å². The van der Waals surface area contributed by atoms with Gasteiger partial charge in [0.1, 0.15) is 23.3 Å². The molecular formula is C29H21FN4O5S. The van der Waals surface area contributed by atoms with E-state index in [9.17, 15) is 18.8 Å². The third kappa shape index (κ3) is 5.39. The van der Waals surface area contributed by atoms with E-state index in [2.05, 4.69) is 31.9 Å². The number of rotatable bonds is 6. The number of hydrogen-bond acceptors (Lipinski definition) is 8. The highest BCUT2D eigenvalue weighted by Gasteiger charge is 2.39. The van der Waals surface area contributed by atoms with Crippen molar-refractivity contribution >= 4 is 34.3 Å². The van der Waals surface area contributed by atoms with Crippen molar-refractivity contribution in [2.75, 3.05) is 19.5 Å². The van der Waals surface area contributed by atoms with Gasteiger partial charge in [0.15, 0.2) is 5.13 Å². The first-order chi connectivity index (χ1) is 19.4. The van der Waals surface area contributed by atoms with Crippen LogP contribution < -0.4 is 10.1 Å². The minimum atomic E-state index is -1.19. The lowest BCUT2D eigenvalue weighted by Gasteiger charge is -2.28. The summed E-state index contributed by atoms with van der Waals surface area (Å²) in [5.74, 6) is 4.14. The second-order valence-electron chi connectivity index (χ2n) is 8.59. The van der Waals surface area contributed by atoms with E-state index in [4.69, 9.17) is 4.74 Å². The third-order valence-corrected chi connectivity index (χ3v) is 6.85. The van der Waals surface area contributed by atoms with Gasteiger partial charge in [0.2, 0.25) is 0 Å². The van der Waals surface area contributed by atoms with Gasteiger partial charge in [-0.2, -0.15) is 0 Å². The quantitative estimate of drug-likeness (QED) is 0.280. The minimum absolute atomic E-state index is 0.121. The number of anilines is 1. The molecule has 0 fully saturated rings. The van der Waals surface area contributed by atoms with Crippen LogP contribution in [0.3, 0.4) is 0 Å². The highest BCUT2D eigenvalue weighted by atomic mass is 32.1. The van der Waals surface area contributed by atoms with Crippen LogP contribution in [-0.2, 0) is 16.1 Å². The topological polar surface area (TPSA) is 111 Å². The molecule has 11 heteroatoms. The first-order valence-electron chi connectivity index (χ1n) is 11.9. The molecule has 1 aliphatic heterocycles. The average Bonchev–Trinajstić information content (AvgIpc) is 3.59. The Morgan fingerprint density at radius 2 is 1.88 bits per heavy atom. The summed E-state index contributed by atoms with van der Waals surface area (Å²) < 4.78 is 24.4. The maximum atomic E-state index is 14.3. The fraction of sp³-hybridized carbons (Fsp3) is 0.138. The van der Waals surface area contributed by atoms with E-state index in [0.29, 0.717) is 27.4 Å². The molecule has 1 aliphatic rings. The van der Waals surface area contributed by atoms with Crippen LogP contribution in [0.15, 0.2) is 66.3 Å². The molecule has 3 heterocycles. The van der Waals surface area contributed by atoms with Gasteiger partial charge in [0.05, 0.1) is 14.2 Å². The molecular weight excluding hydrogens is 535 g/mol. The maximum Gasteiger partial charge on any atom is 0.356 e. The van der Waals surface area contributed by atoms with E-state index in [-0.39, 0.29) is 23.6 Å². The molecule has 40 heavy (non-hydrogen) atoms. The molecule has 0 aliphatic carbocycles. The third-order valence-electron chi connectivity index (χ3n) is 6.16. The molecule has 0 saturated carbocycles. The molecule has 200 valence electrons. The number of fused-ring (bicyclic) bond motifs is 1. The van der Waals surface area contributed by atoms with Gasteiger partial charge in [-0.3, -0.25) is 14.9 Å². The smallest absolute Gasteiger partial charge is 0.356 e. The van der Waals surface area contributed by atoms with Crippen LogP contribution in [0.4, 0.5) is 9.52 Å². The molecule has 0 spiro atoms. The first-order valence-corrected chi connectivity index (χ1v) is 12.8. The van der Waals surface area contributed by atoms with Crippen molar-refractivity contribution in [2.24, 2.45) is 0 Å². The number of benzene rings is 2. The maximum absolute atomic E-state index is 14.3. The lowest BCUT2D eigenvalue weighted by molar-refractivity contribution is -0.120. The summed E-state index contributed by atoms with van der Waals surface area (Å²) in [4.78, 5) is 48.2. The van der Waals surface area contributed by atoms with E-state index in [1.807, 2.05) is 0 Å². The van der Waals surface area contributed by atoms with Crippen molar-refractivity contribution in [1.82, 2.24) is 14.9 Å². The number of aromatic nitrogens is 2. The highest BCUT2D eigenvalue weighted by molar-refractivity contribution is 7.13. The van der Waals surface area contributed by atoms with E-state index in [1.165, 1.54) is 60.9 Å². The van der Waals surface area contributed by atoms with Gasteiger partial charge in [-0.15, -0.1) is 11.3 Å². The monoisotopic (exact) mass is 556 g/mol. The van der Waals surface area contributed by atoms with Gasteiger partial charge in [0.25, 0.3) is 11.8 Å². The normalized spacial score (nSPS) is 12.7. The summed E-state index contributed by atoms with van der Waals surface area (Å²) in [6, 6.07) is 11.0. The van der Waals surface area contributed by atoms with Gasteiger partial charge >= 0.3 is 5.97 Å². The van der Waals surface area contributed by atoms with Crippen LogP contribution in [0, 0.1) is 17.7 Å². The molecule has 2 aromatic carbocycles. The molecule has 2 amide bonds. The fourth-order valence-electron chi connectivity index (χ4n) is 4.28. The summed E-state index contributed by atoms with van der Waals surface area (Å²) in [5.41, 5.74) is 2.59. The van der Waals surface area contributed by atoms with Crippen molar-refractivity contribution < 1.29 is 28.2 Å². The Morgan fingerprint density at radius 3 is 2.58 bits per heavy atom. The zero-order valence-corrected chi connectivity index (χ0v) is 22.1. The average molecular weight is 557 g/mol. The van der Waals surface area contributed by atoms with E-state index in [0.717, 1.165) is 0 Å². The SMILES string of the molecule is COC(=O)c1ccc(C#Cc2ccc3c(c2)C(=O)N(C(C(=O)Nc2nccs2)c2cc(F)ccc2OC)C3)cn1. The first kappa shape index (κ1) is 26.5. The molecule has 4 aromatic rings. The second-order valence-corrected chi connectivity index (χ2v) is 9.49. The number of hydrogen-bond donors (Lipinski definition) is 1. The van der Waals surface area contributed by atoms with Crippen LogP contribution in [-0.4, -0.2) is 46.9 Å². The number of carbonyl (C=O) groups is 3. The number of nitrogens with zero attached hydrogens (tertiary/aromatic N) is 3. The Kier molecular flexibility index (Phi) is 7.52. The Bertz CT molecular complexity index is 1660. The number of halogens is 1. The van der Waals surface area contributed by atoms with E-state index >= 15 is 0 Å². The Labute approximate surface area is 232 Å². The second kappa shape index (κ2) is 11.3. The summed E-state index contributed by atoms with van der Waals surface area (Å²) in [7, 11) is 2.69. The summed E-state index contributed by atoms with van der Waals surface area (Å²) in [5, 5.41) is 4.77. The number of amides is 2. The van der Waals surface area contributed by atoms with Gasteiger partial charge in [-0.1, -0.05) is 17.9 Å². The molecule has 1 unspecified atom stereocenters. The number of methoxy groups -OCH3 is 2. The standard InChI is InChI=1S/C29H21FN4O5S/c1-38-24-10-8-20(30)14-22(24)25(26(35)33-29-31-11-12-40-29)34-16-19-7-5-17(13-21(19)27(34)36)3-4-18-6-9-23(32-15-18)28(37)39-2/h5-15,25H,16H2,1-2H3,(H,31,33,35). The number of ether oxygens (including phenoxy) is 2. The number of carbonyl (C=O) groups excluding carboxylic acids is 3. The molecule has 0 saturated heterocycles. The number of esters is 1. The summed E-state index contributed by atoms with van der Waals surface area (Å²) in [6.07, 6.45) is 3.00. The summed E-state index contributed by atoms with van der Waals surface area (Å²) >= 11 is 1.22. The summed E-state index contributed by atoms with van der Waals surface area (Å²) in [6.45, 7) is 0.121. The van der Waals surface area contributed by atoms with Gasteiger partial charge < -0.3 is 14.4 Å². The van der Waals surface area contributed by atoms with E-state index in [1.54, 1.807) is 35.8 Å². The van der Waals surface area contributed by atoms with Crippen molar-refractivity contribution in [2.45, 2.75) is 12.6 Å². The Morgan fingerprint density at radius 1 is 1.07 bits per heavy atom. The van der Waals surface area contributed by atoms with Crippen molar-refractivity contribution in [3.05, 3.63) is 106 Å². The van der Waals surface area contributed by atoms with Crippen LogP contribution in [0.25, 0.3) is 0 Å². The van der Waals surface area contributed by atoms with Gasteiger partial charge in [0, 0.05) is 46.6 Å². The largest absolute Gasteiger partial charge is 0.496 e. The molecule has 2 aromatic heterocycles. The molecule has 9 nitrogen and oxygen atoms in total. The van der Waals surface area contributed by atoms with Crippen molar-refractivity contribution in [3.8, 4) is 17.6 Å². The lowest BCUT2D eigenvalue weighted by Crippen LogP contribution is -2.37. The zero-order chi connectivity index (χ0) is 28.2. The van der Waals surface area contributed by atoms with Crippen LogP contribution >= 0.6 is 11.3 Å². The van der Waals surface area contributed by atoms with Gasteiger partial charge in [-0.25, -0.2) is 19.2 Å². The van der Waals surface area contributed by atoms with E-state index < -0.39 is 29.6 Å². The van der Waals surface area contributed by atoms with Crippen molar-refractivity contribution in [3.63, 3.8) is 0 Å². The molecule has 1 N–H and O–H groups in total.